The second-order valence-electron chi connectivity index (χ2n) is 6.80. The molecule has 1 aliphatic rings. The molecule has 0 aliphatic carbocycles. The number of hydrogen-bond acceptors (Lipinski definition) is 7. The van der Waals surface area contributed by atoms with Crippen LogP contribution in [0.2, 0.25) is 0 Å². The molecule has 0 saturated carbocycles. The number of carbonyl (C=O) groups is 2. The van der Waals surface area contributed by atoms with Crippen molar-refractivity contribution in [3.8, 4) is 5.75 Å². The molecule has 31 heavy (non-hydrogen) atoms. The molecule has 0 unspecified atom stereocenters. The first-order valence-corrected chi connectivity index (χ1v) is 9.70. The fourth-order valence-corrected chi connectivity index (χ4v) is 2.85. The van der Waals surface area contributed by atoms with Gasteiger partial charge in [0.05, 0.1) is 17.2 Å². The molecule has 10 nitrogen and oxygen atoms in total. The van der Waals surface area contributed by atoms with Crippen molar-refractivity contribution >= 4 is 23.7 Å². The van der Waals surface area contributed by atoms with Crippen LogP contribution in [0.5, 0.6) is 5.75 Å². The van der Waals surface area contributed by atoms with E-state index in [-0.39, 0.29) is 29.9 Å². The summed E-state index contributed by atoms with van der Waals surface area (Å²) >= 11 is 0. The van der Waals surface area contributed by atoms with Gasteiger partial charge in [-0.1, -0.05) is 0 Å². The van der Waals surface area contributed by atoms with E-state index in [2.05, 4.69) is 15.8 Å². The molecule has 162 valence electrons. The van der Waals surface area contributed by atoms with E-state index in [0.717, 1.165) is 19.4 Å². The van der Waals surface area contributed by atoms with E-state index in [1.165, 1.54) is 30.5 Å². The van der Waals surface area contributed by atoms with Crippen molar-refractivity contribution in [1.29, 1.82) is 0 Å². The molecule has 10 heteroatoms. The third kappa shape index (κ3) is 6.89. The molecule has 0 aromatic heterocycles. The molecule has 1 fully saturated rings. The van der Waals surface area contributed by atoms with Crippen molar-refractivity contribution in [2.24, 2.45) is 5.10 Å². The van der Waals surface area contributed by atoms with Gasteiger partial charge in [0.2, 0.25) is 0 Å². The van der Waals surface area contributed by atoms with Gasteiger partial charge >= 0.3 is 0 Å². The summed E-state index contributed by atoms with van der Waals surface area (Å²) in [4.78, 5) is 33.9. The van der Waals surface area contributed by atoms with Crippen LogP contribution in [0.4, 0.5) is 5.69 Å². The van der Waals surface area contributed by atoms with E-state index < -0.39 is 10.8 Å². The van der Waals surface area contributed by atoms with Crippen LogP contribution in [0.1, 0.15) is 28.8 Å². The molecule has 0 bridgehead atoms. The molecule has 1 saturated heterocycles. The molecule has 2 amide bonds. The standard InChI is InChI=1S/C21H22N4O6/c26-20(22-13-19-2-1-11-30-19)14-31-18-9-3-15(4-10-18)12-23-24-21(27)16-5-7-17(8-6-16)25(28)29/h3-10,12,19H,1-2,11,13-14H2,(H,22,26)(H,24,27)/b23-12-/t19-/m0/s1. The Kier molecular flexibility index (Phi) is 7.66. The van der Waals surface area contributed by atoms with E-state index in [1.54, 1.807) is 24.3 Å². The Morgan fingerprint density at radius 1 is 1.19 bits per heavy atom. The van der Waals surface area contributed by atoms with Crippen molar-refractivity contribution in [2.45, 2.75) is 18.9 Å². The summed E-state index contributed by atoms with van der Waals surface area (Å²) < 4.78 is 10.9. The highest BCUT2D eigenvalue weighted by molar-refractivity contribution is 5.95. The number of nitro groups is 1. The summed E-state index contributed by atoms with van der Waals surface area (Å²) in [5.41, 5.74) is 3.22. The third-order valence-corrected chi connectivity index (χ3v) is 4.52. The van der Waals surface area contributed by atoms with Crippen LogP contribution in [0.3, 0.4) is 0 Å². The highest BCUT2D eigenvalue weighted by Crippen LogP contribution is 2.13. The van der Waals surface area contributed by atoms with Crippen LogP contribution in [-0.2, 0) is 9.53 Å². The average Bonchev–Trinajstić information content (AvgIpc) is 3.31. The molecule has 2 aromatic carbocycles. The maximum absolute atomic E-state index is 12.0. The number of ether oxygens (including phenoxy) is 2. The largest absolute Gasteiger partial charge is 0.484 e. The van der Waals surface area contributed by atoms with Crippen LogP contribution >= 0.6 is 0 Å². The second-order valence-corrected chi connectivity index (χ2v) is 6.80. The number of rotatable bonds is 9. The minimum atomic E-state index is -0.537. The summed E-state index contributed by atoms with van der Waals surface area (Å²) in [6.07, 6.45) is 3.51. The Morgan fingerprint density at radius 2 is 1.94 bits per heavy atom. The van der Waals surface area contributed by atoms with Gasteiger partial charge in [0, 0.05) is 30.8 Å². The highest BCUT2D eigenvalue weighted by atomic mass is 16.6. The lowest BCUT2D eigenvalue weighted by molar-refractivity contribution is -0.384. The fraction of sp³-hybridized carbons (Fsp3) is 0.286. The minimum absolute atomic E-state index is 0.0865. The average molecular weight is 426 g/mol. The Hall–Kier alpha value is -3.79. The number of nitrogens with zero attached hydrogens (tertiary/aromatic N) is 2. The van der Waals surface area contributed by atoms with Crippen LogP contribution in [0.25, 0.3) is 0 Å². The first-order valence-electron chi connectivity index (χ1n) is 9.70. The number of nitro benzene ring substituents is 1. The minimum Gasteiger partial charge on any atom is -0.484 e. The van der Waals surface area contributed by atoms with Gasteiger partial charge in [-0.05, 0) is 54.8 Å². The van der Waals surface area contributed by atoms with E-state index in [9.17, 15) is 19.7 Å². The molecule has 1 heterocycles. The lowest BCUT2D eigenvalue weighted by Crippen LogP contribution is -2.35. The molecule has 1 atom stereocenters. The summed E-state index contributed by atoms with van der Waals surface area (Å²) in [7, 11) is 0. The van der Waals surface area contributed by atoms with Gasteiger partial charge in [-0.2, -0.15) is 5.10 Å². The molecule has 2 N–H and O–H groups in total. The number of amides is 2. The quantitative estimate of drug-likeness (QED) is 0.358. The Bertz CT molecular complexity index is 937. The molecule has 0 spiro atoms. The molecular formula is C21H22N4O6. The van der Waals surface area contributed by atoms with Crippen molar-refractivity contribution in [2.75, 3.05) is 19.8 Å². The summed E-state index contributed by atoms with van der Waals surface area (Å²) in [5, 5.41) is 17.3. The fourth-order valence-electron chi connectivity index (χ4n) is 2.85. The highest BCUT2D eigenvalue weighted by Gasteiger charge is 2.16. The second kappa shape index (κ2) is 10.8. The Morgan fingerprint density at radius 3 is 2.58 bits per heavy atom. The van der Waals surface area contributed by atoms with Gasteiger partial charge in [0.1, 0.15) is 5.75 Å². The molecule has 1 aliphatic heterocycles. The topological polar surface area (TPSA) is 132 Å². The molecule has 2 aromatic rings. The van der Waals surface area contributed by atoms with Gasteiger partial charge in [-0.15, -0.1) is 0 Å². The van der Waals surface area contributed by atoms with Crippen LogP contribution in [0.15, 0.2) is 53.6 Å². The monoisotopic (exact) mass is 426 g/mol. The van der Waals surface area contributed by atoms with E-state index in [4.69, 9.17) is 9.47 Å². The van der Waals surface area contributed by atoms with Gasteiger partial charge in [0.25, 0.3) is 17.5 Å². The van der Waals surface area contributed by atoms with Crippen LogP contribution in [-0.4, -0.2) is 48.8 Å². The molecule has 3 rings (SSSR count). The number of carbonyl (C=O) groups excluding carboxylic acids is 2. The summed E-state index contributed by atoms with van der Waals surface area (Å²) in [6.45, 7) is 1.14. The van der Waals surface area contributed by atoms with Gasteiger partial charge in [-0.3, -0.25) is 19.7 Å². The van der Waals surface area contributed by atoms with Gasteiger partial charge in [0.15, 0.2) is 6.61 Å². The van der Waals surface area contributed by atoms with Crippen molar-refractivity contribution in [3.63, 3.8) is 0 Å². The zero-order valence-corrected chi connectivity index (χ0v) is 16.7. The number of benzene rings is 2. The van der Waals surface area contributed by atoms with Crippen LogP contribution in [0, 0.1) is 10.1 Å². The SMILES string of the molecule is O=C(COc1ccc(/C=N\NC(=O)c2ccc([N+](=O)[O-])cc2)cc1)NC[C@@H]1CCCO1. The maximum atomic E-state index is 12.0. The van der Waals surface area contributed by atoms with Crippen molar-refractivity contribution in [3.05, 3.63) is 69.8 Å². The zero-order valence-electron chi connectivity index (χ0n) is 16.7. The summed E-state index contributed by atoms with van der Waals surface area (Å²) in [6, 6.07) is 12.0. The number of nitrogens with one attached hydrogen (secondary N) is 2. The molecule has 0 radical (unpaired) electrons. The number of hydrazone groups is 1. The Balaban J connectivity index is 1.40. The van der Waals surface area contributed by atoms with Crippen LogP contribution < -0.4 is 15.5 Å². The smallest absolute Gasteiger partial charge is 0.271 e. The molecular weight excluding hydrogens is 404 g/mol. The Labute approximate surface area is 178 Å². The number of non-ortho nitro benzene ring substituents is 1. The predicted molar refractivity (Wildman–Crippen MR) is 112 cm³/mol. The lowest BCUT2D eigenvalue weighted by atomic mass is 10.2. The maximum Gasteiger partial charge on any atom is 0.271 e. The normalized spacial score (nSPS) is 15.5. The van der Waals surface area contributed by atoms with E-state index in [0.29, 0.717) is 17.9 Å². The number of hydrogen-bond donors (Lipinski definition) is 2. The predicted octanol–water partition coefficient (Wildman–Crippen LogP) is 2.03. The van der Waals surface area contributed by atoms with Gasteiger partial charge < -0.3 is 14.8 Å². The van der Waals surface area contributed by atoms with Gasteiger partial charge in [-0.25, -0.2) is 5.43 Å². The van der Waals surface area contributed by atoms with Crippen molar-refractivity contribution in [1.82, 2.24) is 10.7 Å². The first kappa shape index (κ1) is 21.9. The third-order valence-electron chi connectivity index (χ3n) is 4.52. The zero-order chi connectivity index (χ0) is 22.1. The summed E-state index contributed by atoms with van der Waals surface area (Å²) in [5.74, 6) is -0.172. The lowest BCUT2D eigenvalue weighted by Gasteiger charge is -2.11. The van der Waals surface area contributed by atoms with Crippen molar-refractivity contribution < 1.29 is 24.0 Å². The first-order chi connectivity index (χ1) is 15.0. The van der Waals surface area contributed by atoms with E-state index >= 15 is 0 Å². The van der Waals surface area contributed by atoms with E-state index in [1.807, 2.05) is 0 Å².